The van der Waals surface area contributed by atoms with Crippen LogP contribution in [0.15, 0.2) is 41.5 Å². The Kier molecular flexibility index (Phi) is 9.22. The van der Waals surface area contributed by atoms with Crippen LogP contribution in [-0.4, -0.2) is 37.1 Å². The Balaban J connectivity index is 2.17. The summed E-state index contributed by atoms with van der Waals surface area (Å²) < 4.78 is 28.2. The monoisotopic (exact) mass is 560 g/mol. The number of nitrogens with zero attached hydrogens (tertiary/aromatic N) is 2. The van der Waals surface area contributed by atoms with Crippen LogP contribution in [0.2, 0.25) is 23.2 Å². The highest BCUT2D eigenvalue weighted by Crippen LogP contribution is 2.37. The minimum absolute atomic E-state index is 0.0268. The fraction of sp³-hybridized carbons (Fsp3) is 0.483. The highest BCUT2D eigenvalue weighted by molar-refractivity contribution is 6.74. The van der Waals surface area contributed by atoms with Crippen molar-refractivity contribution in [2.75, 3.05) is 13.2 Å². The number of hydrogen-bond donors (Lipinski definition) is 0. The molecule has 1 aromatic carbocycles. The summed E-state index contributed by atoms with van der Waals surface area (Å²) >= 11 is 5.96. The van der Waals surface area contributed by atoms with Gasteiger partial charge in [0.25, 0.3) is 0 Å². The van der Waals surface area contributed by atoms with Gasteiger partial charge >= 0.3 is 5.97 Å². The van der Waals surface area contributed by atoms with E-state index in [4.69, 9.17) is 20.8 Å². The number of carbonyl (C=O) groups excluding carboxylic acids is 1. The Hall–Kier alpha value is -2.55. The van der Waals surface area contributed by atoms with Crippen molar-refractivity contribution in [1.82, 2.24) is 9.55 Å². The molecule has 2 aromatic heterocycles. The summed E-state index contributed by atoms with van der Waals surface area (Å²) in [5.74, 6) is -1.08. The maximum absolute atomic E-state index is 14.6. The van der Waals surface area contributed by atoms with Crippen molar-refractivity contribution in [1.29, 1.82) is 0 Å². The van der Waals surface area contributed by atoms with E-state index in [1.165, 1.54) is 6.07 Å². The molecule has 3 rings (SSSR count). The van der Waals surface area contributed by atoms with Crippen molar-refractivity contribution < 1.29 is 18.3 Å². The Morgan fingerprint density at radius 3 is 2.53 bits per heavy atom. The van der Waals surface area contributed by atoms with Gasteiger partial charge in [-0.3, -0.25) is 4.79 Å². The number of halogens is 2. The van der Waals surface area contributed by atoms with Gasteiger partial charge in [0.1, 0.15) is 17.0 Å². The van der Waals surface area contributed by atoms with Crippen molar-refractivity contribution in [2.45, 2.75) is 72.1 Å². The molecule has 1 atom stereocenters. The van der Waals surface area contributed by atoms with E-state index in [1.807, 2.05) is 4.57 Å². The molecule has 0 aliphatic carbocycles. The minimum Gasteiger partial charge on any atom is -0.462 e. The quantitative estimate of drug-likeness (QED) is 0.205. The summed E-state index contributed by atoms with van der Waals surface area (Å²) in [6.07, 6.45) is 3.38. The second-order valence-corrected chi connectivity index (χ2v) is 16.7. The maximum atomic E-state index is 14.6. The van der Waals surface area contributed by atoms with E-state index >= 15 is 0 Å². The molecule has 0 bridgehead atoms. The summed E-state index contributed by atoms with van der Waals surface area (Å²) in [5, 5.41) is 0.331. The first-order chi connectivity index (χ1) is 17.7. The lowest BCUT2D eigenvalue weighted by Crippen LogP contribution is -2.42. The summed E-state index contributed by atoms with van der Waals surface area (Å²) in [5.41, 5.74) is 0.926. The molecule has 0 spiro atoms. The molecule has 2 heterocycles. The Morgan fingerprint density at radius 2 is 1.92 bits per heavy atom. The van der Waals surface area contributed by atoms with Gasteiger partial charge in [-0.1, -0.05) is 58.4 Å². The smallest absolute Gasteiger partial charge is 0.343 e. The van der Waals surface area contributed by atoms with Gasteiger partial charge in [-0.05, 0) is 54.2 Å². The third-order valence-corrected chi connectivity index (χ3v) is 12.2. The molecule has 0 N–H and O–H groups in total. The summed E-state index contributed by atoms with van der Waals surface area (Å²) in [6.45, 7) is 17.3. The molecular weight excluding hydrogens is 523 g/mol. The van der Waals surface area contributed by atoms with Gasteiger partial charge < -0.3 is 13.7 Å². The number of fused-ring (bicyclic) bond motifs is 1. The number of rotatable bonds is 9. The summed E-state index contributed by atoms with van der Waals surface area (Å²) in [4.78, 5) is 31.0. The predicted molar refractivity (Wildman–Crippen MR) is 153 cm³/mol. The molecule has 0 radical (unpaired) electrons. The molecule has 206 valence electrons. The SMILES string of the molecule is CCOC(=O)c1cn([C@H](CO[Si](C)(C)C(C)(C)C)C(C)C)c2ncc(Cc3cccc(Cl)c3F)cc2c1=O. The Bertz CT molecular complexity index is 1380. The van der Waals surface area contributed by atoms with Gasteiger partial charge in [-0.25, -0.2) is 14.2 Å². The molecule has 6 nitrogen and oxygen atoms in total. The molecule has 0 aliphatic heterocycles. The first-order valence-corrected chi connectivity index (χ1v) is 16.2. The number of aromatic nitrogens is 2. The largest absolute Gasteiger partial charge is 0.462 e. The fourth-order valence-electron chi connectivity index (χ4n) is 3.99. The van der Waals surface area contributed by atoms with Gasteiger partial charge in [-0.2, -0.15) is 0 Å². The number of ether oxygens (including phenoxy) is 1. The number of carbonyl (C=O) groups is 1. The molecule has 0 unspecified atom stereocenters. The van der Waals surface area contributed by atoms with Gasteiger partial charge in [-0.15, -0.1) is 0 Å². The van der Waals surface area contributed by atoms with Gasteiger partial charge in [0, 0.05) is 18.8 Å². The molecule has 9 heteroatoms. The minimum atomic E-state index is -2.07. The second-order valence-electron chi connectivity index (χ2n) is 11.5. The van der Waals surface area contributed by atoms with E-state index in [1.54, 1.807) is 37.5 Å². The van der Waals surface area contributed by atoms with Gasteiger partial charge in [0.15, 0.2) is 8.32 Å². The van der Waals surface area contributed by atoms with Crippen LogP contribution >= 0.6 is 11.6 Å². The molecule has 0 amide bonds. The number of hydrogen-bond acceptors (Lipinski definition) is 5. The van der Waals surface area contributed by atoms with Crippen molar-refractivity contribution in [3.8, 4) is 0 Å². The van der Waals surface area contributed by atoms with Gasteiger partial charge in [0.05, 0.1) is 29.7 Å². The molecule has 0 fully saturated rings. The molecule has 0 saturated carbocycles. The van der Waals surface area contributed by atoms with Crippen LogP contribution in [0.4, 0.5) is 4.39 Å². The van der Waals surface area contributed by atoms with E-state index in [0.29, 0.717) is 23.4 Å². The summed E-state index contributed by atoms with van der Waals surface area (Å²) in [6, 6.07) is 6.30. The summed E-state index contributed by atoms with van der Waals surface area (Å²) in [7, 11) is -2.07. The van der Waals surface area contributed by atoms with Crippen molar-refractivity contribution in [3.05, 3.63) is 74.4 Å². The Labute approximate surface area is 230 Å². The van der Waals surface area contributed by atoms with Crippen LogP contribution in [0.5, 0.6) is 0 Å². The highest BCUT2D eigenvalue weighted by Gasteiger charge is 2.38. The van der Waals surface area contributed by atoms with Crippen LogP contribution < -0.4 is 5.43 Å². The zero-order valence-corrected chi connectivity index (χ0v) is 25.3. The molecule has 0 saturated heterocycles. The zero-order chi connectivity index (χ0) is 28.4. The number of esters is 1. The van der Waals surface area contributed by atoms with Crippen LogP contribution in [0, 0.1) is 11.7 Å². The molecule has 38 heavy (non-hydrogen) atoms. The molecule has 0 aliphatic rings. The van der Waals surface area contributed by atoms with Crippen LogP contribution in [-0.2, 0) is 15.6 Å². The van der Waals surface area contributed by atoms with Crippen molar-refractivity contribution >= 4 is 36.9 Å². The average molecular weight is 561 g/mol. The highest BCUT2D eigenvalue weighted by atomic mass is 35.5. The standard InChI is InChI=1S/C29H38ClFN2O4Si/c1-9-36-28(35)22-16-33(24(18(2)3)17-37-38(7,8)29(4,5)6)27-21(26(22)34)14-19(15-32-27)13-20-11-10-12-23(30)25(20)31/h10-12,14-16,18,24H,9,13,17H2,1-8H3/t24-/m1/s1. The van der Waals surface area contributed by atoms with Crippen LogP contribution in [0.3, 0.4) is 0 Å². The van der Waals surface area contributed by atoms with E-state index in [-0.39, 0.29) is 46.0 Å². The third kappa shape index (κ3) is 6.35. The lowest BCUT2D eigenvalue weighted by Gasteiger charge is -2.38. The predicted octanol–water partition coefficient (Wildman–Crippen LogP) is 7.18. The van der Waals surface area contributed by atoms with Crippen LogP contribution in [0.25, 0.3) is 11.0 Å². The second kappa shape index (κ2) is 11.7. The van der Waals surface area contributed by atoms with E-state index in [2.05, 4.69) is 52.7 Å². The normalized spacial score (nSPS) is 13.2. The lowest BCUT2D eigenvalue weighted by molar-refractivity contribution is 0.0523. The number of pyridine rings is 2. The average Bonchev–Trinajstić information content (AvgIpc) is 2.82. The van der Waals surface area contributed by atoms with Crippen LogP contribution in [0.1, 0.15) is 69.1 Å². The topological polar surface area (TPSA) is 70.4 Å². The molecular formula is C29H38ClFN2O4Si. The van der Waals surface area contributed by atoms with Gasteiger partial charge in [0.2, 0.25) is 5.43 Å². The van der Waals surface area contributed by atoms with E-state index in [9.17, 15) is 14.0 Å². The van der Waals surface area contributed by atoms with E-state index in [0.717, 1.165) is 0 Å². The fourth-order valence-corrected chi connectivity index (χ4v) is 5.20. The third-order valence-electron chi connectivity index (χ3n) is 7.39. The maximum Gasteiger partial charge on any atom is 0.343 e. The zero-order valence-electron chi connectivity index (χ0n) is 23.5. The van der Waals surface area contributed by atoms with Crippen molar-refractivity contribution in [3.63, 3.8) is 0 Å². The Morgan fingerprint density at radius 1 is 1.24 bits per heavy atom. The molecule has 3 aromatic rings. The van der Waals surface area contributed by atoms with E-state index < -0.39 is 25.5 Å². The first-order valence-electron chi connectivity index (χ1n) is 13.0. The lowest BCUT2D eigenvalue weighted by atomic mass is 10.0. The van der Waals surface area contributed by atoms with Crippen molar-refractivity contribution in [2.24, 2.45) is 5.92 Å². The first kappa shape index (κ1) is 30.0. The number of benzene rings is 1.